The number of nitrogens with zero attached hydrogens (tertiary/aromatic N) is 1. The predicted molar refractivity (Wildman–Crippen MR) is 64.9 cm³/mol. The Morgan fingerprint density at radius 3 is 2.60 bits per heavy atom. The quantitative estimate of drug-likeness (QED) is 0.684. The van der Waals surface area contributed by atoms with E-state index in [0.29, 0.717) is 0 Å². The molecule has 4 nitrogen and oxygen atoms in total. The Morgan fingerprint density at radius 2 is 2.15 bits per heavy atom. The third-order valence-corrected chi connectivity index (χ3v) is 2.98. The van der Waals surface area contributed by atoms with Crippen molar-refractivity contribution in [3.05, 3.63) is 28.8 Å². The summed E-state index contributed by atoms with van der Waals surface area (Å²) in [6.45, 7) is 0.969. The molecule has 0 heterocycles. The molecule has 1 rings (SSSR count). The largest absolute Gasteiger partial charge is 0.462 e. The van der Waals surface area contributed by atoms with Gasteiger partial charge < -0.3 is 9.84 Å². The lowest BCUT2D eigenvalue weighted by atomic mass is 10.1. The van der Waals surface area contributed by atoms with Crippen molar-refractivity contribution >= 4 is 17.7 Å². The summed E-state index contributed by atoms with van der Waals surface area (Å²) >= 11 is -0.510. The zero-order valence-corrected chi connectivity index (χ0v) is 11.1. The molecule has 0 aliphatic carbocycles. The molecule has 108 valence electrons. The van der Waals surface area contributed by atoms with Crippen LogP contribution in [0.3, 0.4) is 0 Å². The molecule has 1 aromatic carbocycles. The number of aliphatic hydroxyl groups is 1. The SMILES string of the molecule is CCOC(=O)c1cc(CO)c(C#N)c(SC(F)(F)F)c1. The van der Waals surface area contributed by atoms with Crippen molar-refractivity contribution in [2.45, 2.75) is 23.9 Å². The second kappa shape index (κ2) is 6.63. The van der Waals surface area contributed by atoms with Crippen LogP contribution >= 0.6 is 11.8 Å². The summed E-state index contributed by atoms with van der Waals surface area (Å²) in [7, 11) is 0. The maximum atomic E-state index is 12.4. The van der Waals surface area contributed by atoms with Crippen LogP contribution in [0, 0.1) is 11.3 Å². The highest BCUT2D eigenvalue weighted by atomic mass is 32.2. The third kappa shape index (κ3) is 4.15. The van der Waals surface area contributed by atoms with Gasteiger partial charge in [-0.1, -0.05) is 0 Å². The van der Waals surface area contributed by atoms with E-state index in [-0.39, 0.29) is 23.3 Å². The lowest BCUT2D eigenvalue weighted by Gasteiger charge is -2.12. The van der Waals surface area contributed by atoms with Gasteiger partial charge in [0.2, 0.25) is 0 Å². The number of carbonyl (C=O) groups is 1. The number of esters is 1. The molecule has 0 atom stereocenters. The second-order valence-electron chi connectivity index (χ2n) is 3.55. The van der Waals surface area contributed by atoms with Crippen molar-refractivity contribution in [2.75, 3.05) is 6.61 Å². The third-order valence-electron chi connectivity index (χ3n) is 2.20. The number of ether oxygens (including phenoxy) is 1. The van der Waals surface area contributed by atoms with E-state index in [2.05, 4.69) is 0 Å². The summed E-state index contributed by atoms with van der Waals surface area (Å²) in [5.41, 5.74) is -5.10. The van der Waals surface area contributed by atoms with E-state index in [1.807, 2.05) is 0 Å². The minimum absolute atomic E-state index is 0.0511. The minimum Gasteiger partial charge on any atom is -0.462 e. The second-order valence-corrected chi connectivity index (χ2v) is 4.65. The number of benzene rings is 1. The number of hydrogen-bond donors (Lipinski definition) is 1. The molecule has 0 saturated carbocycles. The first kappa shape index (κ1) is 16.3. The fourth-order valence-electron chi connectivity index (χ4n) is 1.46. The fraction of sp³-hybridized carbons (Fsp3) is 0.333. The lowest BCUT2D eigenvalue weighted by Crippen LogP contribution is -2.08. The van der Waals surface area contributed by atoms with E-state index >= 15 is 0 Å². The number of hydrogen-bond acceptors (Lipinski definition) is 5. The summed E-state index contributed by atoms with van der Waals surface area (Å²) in [5, 5.41) is 18.0. The summed E-state index contributed by atoms with van der Waals surface area (Å²) in [6.07, 6.45) is 0. The maximum Gasteiger partial charge on any atom is 0.446 e. The van der Waals surface area contributed by atoms with E-state index in [0.717, 1.165) is 12.1 Å². The van der Waals surface area contributed by atoms with Crippen molar-refractivity contribution < 1.29 is 27.8 Å². The monoisotopic (exact) mass is 305 g/mol. The van der Waals surface area contributed by atoms with Gasteiger partial charge in [-0.2, -0.15) is 18.4 Å². The normalized spacial score (nSPS) is 11.0. The fourth-order valence-corrected chi connectivity index (χ4v) is 2.18. The zero-order valence-electron chi connectivity index (χ0n) is 10.3. The molecule has 1 aromatic rings. The molecule has 0 aromatic heterocycles. The van der Waals surface area contributed by atoms with Gasteiger partial charge in [0, 0.05) is 4.90 Å². The molecular weight excluding hydrogens is 295 g/mol. The molecule has 0 unspecified atom stereocenters. The van der Waals surface area contributed by atoms with Crippen LogP contribution in [0.25, 0.3) is 0 Å². The standard InChI is InChI=1S/C12H10F3NO3S/c1-2-19-11(18)7-3-8(6-17)9(5-16)10(4-7)20-12(13,14)15/h3-4,17H,2,6H2,1H3. The molecule has 0 spiro atoms. The van der Waals surface area contributed by atoms with E-state index in [4.69, 9.17) is 15.1 Å². The van der Waals surface area contributed by atoms with Crippen LogP contribution in [0.5, 0.6) is 0 Å². The lowest BCUT2D eigenvalue weighted by molar-refractivity contribution is -0.0328. The topological polar surface area (TPSA) is 70.3 Å². The van der Waals surface area contributed by atoms with Crippen molar-refractivity contribution in [3.8, 4) is 6.07 Å². The minimum atomic E-state index is -4.61. The number of carbonyl (C=O) groups excluding carboxylic acids is 1. The van der Waals surface area contributed by atoms with Crippen LogP contribution in [0.2, 0.25) is 0 Å². The highest BCUT2D eigenvalue weighted by Gasteiger charge is 2.31. The van der Waals surface area contributed by atoms with Crippen LogP contribution in [0.15, 0.2) is 17.0 Å². The van der Waals surface area contributed by atoms with Gasteiger partial charge in [-0.05, 0) is 36.4 Å². The van der Waals surface area contributed by atoms with Crippen molar-refractivity contribution in [1.82, 2.24) is 0 Å². The van der Waals surface area contributed by atoms with Gasteiger partial charge in [0.15, 0.2) is 0 Å². The van der Waals surface area contributed by atoms with E-state index < -0.39 is 34.7 Å². The molecule has 0 fully saturated rings. The average Bonchev–Trinajstić information content (AvgIpc) is 2.36. The molecule has 1 N–H and O–H groups in total. The molecule has 8 heteroatoms. The highest BCUT2D eigenvalue weighted by molar-refractivity contribution is 8.00. The summed E-state index contributed by atoms with van der Waals surface area (Å²) in [5.74, 6) is -0.810. The van der Waals surface area contributed by atoms with Crippen LogP contribution in [0.1, 0.15) is 28.4 Å². The van der Waals surface area contributed by atoms with Gasteiger partial charge in [0.25, 0.3) is 0 Å². The molecule has 0 bridgehead atoms. The molecule has 0 aliphatic heterocycles. The first-order valence-corrected chi connectivity index (χ1v) is 6.24. The molecule has 20 heavy (non-hydrogen) atoms. The van der Waals surface area contributed by atoms with E-state index in [9.17, 15) is 18.0 Å². The van der Waals surface area contributed by atoms with Gasteiger partial charge in [-0.25, -0.2) is 4.79 Å². The molecular formula is C12H10F3NO3S. The Bertz CT molecular complexity index is 552. The van der Waals surface area contributed by atoms with Gasteiger partial charge >= 0.3 is 11.5 Å². The predicted octanol–water partition coefficient (Wildman–Crippen LogP) is 2.84. The van der Waals surface area contributed by atoms with Gasteiger partial charge in [-0.15, -0.1) is 0 Å². The van der Waals surface area contributed by atoms with Gasteiger partial charge in [0.1, 0.15) is 6.07 Å². The first-order valence-electron chi connectivity index (χ1n) is 5.43. The number of thioether (sulfide) groups is 1. The van der Waals surface area contributed by atoms with Crippen LogP contribution in [-0.4, -0.2) is 23.2 Å². The highest BCUT2D eigenvalue weighted by Crippen LogP contribution is 2.39. The summed E-state index contributed by atoms with van der Waals surface area (Å²) in [4.78, 5) is 11.1. The van der Waals surface area contributed by atoms with Crippen LogP contribution in [-0.2, 0) is 11.3 Å². The van der Waals surface area contributed by atoms with Crippen LogP contribution < -0.4 is 0 Å². The Kier molecular flexibility index (Phi) is 5.42. The summed E-state index contributed by atoms with van der Waals surface area (Å²) < 4.78 is 42.0. The molecule has 0 amide bonds. The van der Waals surface area contributed by atoms with Gasteiger partial charge in [-0.3, -0.25) is 0 Å². The Hall–Kier alpha value is -1.72. The number of halogens is 3. The average molecular weight is 305 g/mol. The number of alkyl halides is 3. The van der Waals surface area contributed by atoms with Crippen molar-refractivity contribution in [2.24, 2.45) is 0 Å². The summed E-state index contributed by atoms with van der Waals surface area (Å²) in [6, 6.07) is 3.69. The number of rotatable bonds is 4. The van der Waals surface area contributed by atoms with E-state index in [1.54, 1.807) is 13.0 Å². The first-order chi connectivity index (χ1) is 9.32. The smallest absolute Gasteiger partial charge is 0.446 e. The van der Waals surface area contributed by atoms with E-state index in [1.165, 1.54) is 0 Å². The Labute approximate surface area is 117 Å². The zero-order chi connectivity index (χ0) is 15.3. The van der Waals surface area contributed by atoms with Crippen molar-refractivity contribution in [1.29, 1.82) is 5.26 Å². The maximum absolute atomic E-state index is 12.4. The Morgan fingerprint density at radius 1 is 1.50 bits per heavy atom. The number of aliphatic hydroxyl groups excluding tert-OH is 1. The van der Waals surface area contributed by atoms with Gasteiger partial charge in [0.05, 0.1) is 24.3 Å². The molecule has 0 radical (unpaired) electrons. The molecule has 0 saturated heterocycles. The van der Waals surface area contributed by atoms with Crippen LogP contribution in [0.4, 0.5) is 13.2 Å². The molecule has 0 aliphatic rings. The van der Waals surface area contributed by atoms with Crippen molar-refractivity contribution in [3.63, 3.8) is 0 Å². The number of nitriles is 1. The Balaban J connectivity index is 3.35.